The summed E-state index contributed by atoms with van der Waals surface area (Å²) < 4.78 is 0. The maximum atomic E-state index is 3.77. The van der Waals surface area contributed by atoms with E-state index in [4.69, 9.17) is 0 Å². The van der Waals surface area contributed by atoms with Gasteiger partial charge in [-0.15, -0.1) is 0 Å². The Morgan fingerprint density at radius 1 is 1.11 bits per heavy atom. The van der Waals surface area contributed by atoms with E-state index >= 15 is 0 Å². The quantitative estimate of drug-likeness (QED) is 0.563. The summed E-state index contributed by atoms with van der Waals surface area (Å²) in [6.45, 7) is 2.08. The Bertz CT molecular complexity index is 150. The average molecular weight is 188 g/mol. The first-order valence-electron chi connectivity index (χ1n) is 2.53. The normalized spacial score (nSPS) is 7.44. The fourth-order valence-corrected chi connectivity index (χ4v) is 0.534. The third-order valence-corrected chi connectivity index (χ3v) is 0.940. The van der Waals surface area contributed by atoms with E-state index in [1.165, 1.54) is 5.56 Å². The van der Waals surface area contributed by atoms with Gasteiger partial charge < -0.3 is 0 Å². The van der Waals surface area contributed by atoms with Gasteiger partial charge in [-0.2, -0.15) is 0 Å². The Balaban J connectivity index is 0.000000291. The van der Waals surface area contributed by atoms with Crippen LogP contribution in [0.25, 0.3) is 0 Å². The van der Waals surface area contributed by atoms with E-state index in [2.05, 4.69) is 44.0 Å². The molecule has 0 atom stereocenters. The molecule has 0 saturated heterocycles. The van der Waals surface area contributed by atoms with Crippen molar-refractivity contribution in [2.45, 2.75) is 6.92 Å². The molecule has 0 aromatic heterocycles. The number of benzene rings is 1. The molecule has 53 valence electrons. The van der Waals surface area contributed by atoms with Crippen LogP contribution in [0.3, 0.4) is 0 Å². The van der Waals surface area contributed by atoms with Gasteiger partial charge in [0, 0.05) is 0 Å². The molecule has 1 aromatic rings. The summed E-state index contributed by atoms with van der Waals surface area (Å²) >= 11 is 3.77. The molecule has 0 bridgehead atoms. The molecule has 0 N–H and O–H groups in total. The predicted octanol–water partition coefficient (Wildman–Crippen LogP) is 2.64. The maximum absolute atomic E-state index is 3.77. The second kappa shape index (κ2) is 6.09. The average Bonchev–Trinajstić information content (AvgIpc) is 1.94. The van der Waals surface area contributed by atoms with Gasteiger partial charge in [-0.25, -0.2) is 0 Å². The van der Waals surface area contributed by atoms with Gasteiger partial charge in [-0.05, 0) is 6.92 Å². The van der Waals surface area contributed by atoms with Crippen molar-refractivity contribution in [1.29, 1.82) is 0 Å². The molecule has 0 spiro atoms. The van der Waals surface area contributed by atoms with Crippen LogP contribution in [0.5, 0.6) is 0 Å². The Hall–Kier alpha value is -0.0405. The van der Waals surface area contributed by atoms with E-state index in [1.807, 2.05) is 18.2 Å². The Kier molecular flexibility index (Phi) is 6.06. The second-order valence-electron chi connectivity index (χ2n) is 1.65. The molecule has 0 aliphatic carbocycles. The minimum absolute atomic E-state index is 1.32. The van der Waals surface area contributed by atoms with Crippen LogP contribution in [0.4, 0.5) is 0 Å². The van der Waals surface area contributed by atoms with Gasteiger partial charge in [0.05, 0.1) is 0 Å². The number of aryl methyl sites for hydroxylation is 1. The van der Waals surface area contributed by atoms with Crippen LogP contribution < -0.4 is 0 Å². The van der Waals surface area contributed by atoms with Gasteiger partial charge >= 0.3 is 24.9 Å². The van der Waals surface area contributed by atoms with Crippen molar-refractivity contribution in [2.24, 2.45) is 0 Å². The molecular formula is C7H8CuS. The zero-order valence-electron chi connectivity index (χ0n) is 5.10. The predicted molar refractivity (Wildman–Crippen MR) is 38.8 cm³/mol. The van der Waals surface area contributed by atoms with Crippen LogP contribution in [0.1, 0.15) is 5.56 Å². The molecule has 0 heterocycles. The topological polar surface area (TPSA) is 0 Å². The van der Waals surface area contributed by atoms with Crippen molar-refractivity contribution in [3.63, 3.8) is 0 Å². The standard InChI is InChI=1S/C7H8.Cu.S/c1-7-5-3-2-4-6-7;;/h2-6H,1H3;;. The minimum atomic E-state index is 1.32. The summed E-state index contributed by atoms with van der Waals surface area (Å²) in [7, 11) is 3.65. The Morgan fingerprint density at radius 3 is 1.78 bits per heavy atom. The van der Waals surface area contributed by atoms with Crippen molar-refractivity contribution in [1.82, 2.24) is 0 Å². The van der Waals surface area contributed by atoms with Crippen LogP contribution in [-0.4, -0.2) is 0 Å². The van der Waals surface area contributed by atoms with E-state index in [1.54, 1.807) is 0 Å². The third-order valence-electron chi connectivity index (χ3n) is 0.940. The summed E-state index contributed by atoms with van der Waals surface area (Å²) in [4.78, 5) is 0. The molecule has 0 unspecified atom stereocenters. The Labute approximate surface area is 68.0 Å². The zero-order chi connectivity index (χ0) is 7.11. The molecule has 1 rings (SSSR count). The van der Waals surface area contributed by atoms with E-state index in [0.29, 0.717) is 0 Å². The van der Waals surface area contributed by atoms with E-state index in [0.717, 1.165) is 0 Å². The summed E-state index contributed by atoms with van der Waals surface area (Å²) in [5.74, 6) is 0. The van der Waals surface area contributed by atoms with Crippen molar-refractivity contribution < 1.29 is 14.4 Å². The van der Waals surface area contributed by atoms with Crippen LogP contribution in [0, 0.1) is 6.92 Å². The first-order chi connectivity index (χ1) is 4.39. The van der Waals surface area contributed by atoms with Gasteiger partial charge in [0.15, 0.2) is 0 Å². The van der Waals surface area contributed by atoms with Gasteiger partial charge in [0.25, 0.3) is 0 Å². The molecular weight excluding hydrogens is 180 g/mol. The molecule has 2 heteroatoms. The van der Waals surface area contributed by atoms with Crippen molar-refractivity contribution >= 4 is 10.6 Å². The third kappa shape index (κ3) is 4.46. The summed E-state index contributed by atoms with van der Waals surface area (Å²) in [5.41, 5.74) is 1.32. The van der Waals surface area contributed by atoms with E-state index in [9.17, 15) is 0 Å². The molecule has 0 saturated carbocycles. The number of rotatable bonds is 0. The second-order valence-corrected chi connectivity index (χ2v) is 1.65. The summed E-state index contributed by atoms with van der Waals surface area (Å²) in [5, 5.41) is 0. The fraction of sp³-hybridized carbons (Fsp3) is 0.143. The van der Waals surface area contributed by atoms with Crippen molar-refractivity contribution in [3.8, 4) is 0 Å². The van der Waals surface area contributed by atoms with Gasteiger partial charge in [-0.1, -0.05) is 35.9 Å². The first kappa shape index (κ1) is 8.96. The van der Waals surface area contributed by atoms with Gasteiger partial charge in [0.1, 0.15) is 0 Å². The monoisotopic (exact) mass is 187 g/mol. The van der Waals surface area contributed by atoms with Crippen LogP contribution >= 0.6 is 10.6 Å². The van der Waals surface area contributed by atoms with Crippen molar-refractivity contribution in [3.05, 3.63) is 35.9 Å². The molecule has 0 aliphatic rings. The molecule has 9 heavy (non-hydrogen) atoms. The number of hydrogen-bond donors (Lipinski definition) is 0. The van der Waals surface area contributed by atoms with Crippen LogP contribution in [0.15, 0.2) is 30.3 Å². The van der Waals surface area contributed by atoms with Crippen LogP contribution in [0.2, 0.25) is 0 Å². The molecule has 1 aromatic carbocycles. The van der Waals surface area contributed by atoms with Gasteiger partial charge in [-0.3, -0.25) is 0 Å². The molecule has 0 nitrogen and oxygen atoms in total. The summed E-state index contributed by atoms with van der Waals surface area (Å²) in [6.07, 6.45) is 0. The Morgan fingerprint density at radius 2 is 1.56 bits per heavy atom. The molecule has 0 radical (unpaired) electrons. The van der Waals surface area contributed by atoms with Crippen LogP contribution in [-0.2, 0) is 14.4 Å². The first-order valence-corrected chi connectivity index (χ1v) is 3.93. The fourth-order valence-electron chi connectivity index (χ4n) is 0.534. The molecule has 0 amide bonds. The number of hydrogen-bond acceptors (Lipinski definition) is 1. The molecule has 0 aliphatic heterocycles. The summed E-state index contributed by atoms with van der Waals surface area (Å²) in [6, 6.07) is 10.3. The van der Waals surface area contributed by atoms with E-state index in [-0.39, 0.29) is 0 Å². The zero-order valence-corrected chi connectivity index (χ0v) is 6.85. The molecule has 0 fully saturated rings. The van der Waals surface area contributed by atoms with Crippen molar-refractivity contribution in [2.75, 3.05) is 0 Å². The van der Waals surface area contributed by atoms with E-state index < -0.39 is 0 Å². The van der Waals surface area contributed by atoms with Gasteiger partial charge in [0.2, 0.25) is 0 Å². The SMILES string of the molecule is Cc1ccccc1.[S]=[Cu].